The summed E-state index contributed by atoms with van der Waals surface area (Å²) in [5.41, 5.74) is 4.23. The molecule has 0 amide bonds. The van der Waals surface area contributed by atoms with Crippen molar-refractivity contribution in [3.8, 4) is 28.9 Å². The Morgan fingerprint density at radius 3 is 2.59 bits per heavy atom. The van der Waals surface area contributed by atoms with Gasteiger partial charge in [-0.25, -0.2) is 23.4 Å². The number of H-pyrrole nitrogens is 1. The lowest BCUT2D eigenvalue weighted by Crippen LogP contribution is -2.21. The van der Waals surface area contributed by atoms with Crippen molar-refractivity contribution in [2.45, 2.75) is 16.2 Å². The maximum Gasteiger partial charge on any atom is 0.342 e. The number of nitrogen functional groups attached to an aromatic ring is 1. The van der Waals surface area contributed by atoms with Crippen molar-refractivity contribution in [2.75, 3.05) is 13.6 Å². The molecule has 1 aliphatic heterocycles. The van der Waals surface area contributed by atoms with Crippen LogP contribution < -0.4 is 20.8 Å². The molecule has 0 fully saturated rings. The fourth-order valence-corrected chi connectivity index (χ4v) is 5.04. The van der Waals surface area contributed by atoms with Gasteiger partial charge in [-0.05, 0) is 43.4 Å². The van der Waals surface area contributed by atoms with Crippen molar-refractivity contribution in [3.05, 3.63) is 87.5 Å². The Morgan fingerprint density at radius 2 is 1.93 bits per heavy atom. The number of aromatic carboxylic acids is 1. The SMILES string of the molecule is CN1CC=NC1c1cc(S(=O)c2ncc(C(=O)O)c(=O)[nH]2)ccc1Oc1c(F)cnc(Oc2cc(C(=N)N)ccc2O)c1F. The summed E-state index contributed by atoms with van der Waals surface area (Å²) >= 11 is 0. The second-order valence-corrected chi connectivity index (χ2v) is 10.6. The summed E-state index contributed by atoms with van der Waals surface area (Å²) in [6.07, 6.45) is 2.30. The lowest BCUT2D eigenvalue weighted by atomic mass is 10.1. The van der Waals surface area contributed by atoms with E-state index in [9.17, 15) is 23.3 Å². The van der Waals surface area contributed by atoms with E-state index in [-0.39, 0.29) is 38.5 Å². The first kappa shape index (κ1) is 29.9. The van der Waals surface area contributed by atoms with Gasteiger partial charge in [0.2, 0.25) is 16.7 Å². The third-order valence-corrected chi connectivity index (χ3v) is 7.52. The van der Waals surface area contributed by atoms with E-state index in [0.717, 1.165) is 6.20 Å². The minimum absolute atomic E-state index is 0.0827. The minimum atomic E-state index is -2.11. The Morgan fingerprint density at radius 1 is 1.16 bits per heavy atom. The number of benzene rings is 2. The number of ether oxygens (including phenoxy) is 2. The molecule has 0 spiro atoms. The number of phenols is 1. The first-order chi connectivity index (χ1) is 20.9. The molecule has 14 nitrogen and oxygen atoms in total. The van der Waals surface area contributed by atoms with Crippen molar-refractivity contribution >= 4 is 28.8 Å². The number of hydrogen-bond acceptors (Lipinski definition) is 11. The van der Waals surface area contributed by atoms with Crippen molar-refractivity contribution < 1.29 is 37.5 Å². The maximum atomic E-state index is 15.6. The number of aromatic hydroxyl groups is 1. The molecular formula is C27H21F2N7O7S. The van der Waals surface area contributed by atoms with Gasteiger partial charge < -0.3 is 25.4 Å². The second kappa shape index (κ2) is 12.0. The molecule has 2 unspecified atom stereocenters. The number of carbonyl (C=O) groups is 1. The van der Waals surface area contributed by atoms with Crippen molar-refractivity contribution in [3.63, 3.8) is 0 Å². The fraction of sp³-hybridized carbons (Fsp3) is 0.111. The topological polar surface area (TPSA) is 217 Å². The molecule has 17 heteroatoms. The van der Waals surface area contributed by atoms with Crippen molar-refractivity contribution in [1.82, 2.24) is 19.9 Å². The number of carboxylic acids is 1. The van der Waals surface area contributed by atoms with E-state index in [2.05, 4.69) is 19.9 Å². The van der Waals surface area contributed by atoms with Crippen LogP contribution in [0.25, 0.3) is 0 Å². The zero-order valence-electron chi connectivity index (χ0n) is 22.4. The van der Waals surface area contributed by atoms with Gasteiger partial charge >= 0.3 is 5.97 Å². The van der Waals surface area contributed by atoms with E-state index in [1.54, 1.807) is 18.2 Å². The standard InChI is InChI=1S/C27H21F2N7O7S/c1-36-7-6-32-23(36)14-9-13(44(41)27-34-10-15(26(39)40)24(38)35-27)3-5-18(14)42-21-16(28)11-33-25(20(21)29)43-19-8-12(22(30)31)2-4-17(19)37/h2-6,8-11,23,37H,7H2,1H3,(H3,30,31)(H,39,40)(H,34,35,38). The zero-order valence-corrected chi connectivity index (χ0v) is 23.3. The normalized spacial score (nSPS) is 15.2. The number of phenolic OH excluding ortho intramolecular Hbond substituents is 1. The number of aliphatic imine (C=N–C) groups is 1. The third-order valence-electron chi connectivity index (χ3n) is 6.28. The van der Waals surface area contributed by atoms with Gasteiger partial charge in [0.25, 0.3) is 11.4 Å². The highest BCUT2D eigenvalue weighted by atomic mass is 32.2. The van der Waals surface area contributed by atoms with Crippen molar-refractivity contribution in [2.24, 2.45) is 10.7 Å². The number of rotatable bonds is 9. The molecule has 0 saturated carbocycles. The van der Waals surface area contributed by atoms with Crippen LogP contribution in [0.15, 0.2) is 68.6 Å². The predicted molar refractivity (Wildman–Crippen MR) is 150 cm³/mol. The monoisotopic (exact) mass is 625 g/mol. The fourth-order valence-electron chi connectivity index (χ4n) is 4.06. The summed E-state index contributed by atoms with van der Waals surface area (Å²) in [5, 5.41) is 26.4. The molecule has 0 radical (unpaired) electrons. The summed E-state index contributed by atoms with van der Waals surface area (Å²) in [6.45, 7) is 0.418. The third kappa shape index (κ3) is 5.86. The van der Waals surface area contributed by atoms with Gasteiger partial charge in [-0.3, -0.25) is 25.1 Å². The van der Waals surface area contributed by atoms with Crippen molar-refractivity contribution in [1.29, 1.82) is 5.41 Å². The zero-order chi connectivity index (χ0) is 31.7. The highest BCUT2D eigenvalue weighted by Gasteiger charge is 2.28. The number of aromatic amines is 1. The molecular weight excluding hydrogens is 604 g/mol. The summed E-state index contributed by atoms with van der Waals surface area (Å²) in [5.74, 6) is -6.89. The van der Waals surface area contributed by atoms with Crippen LogP contribution in [0.2, 0.25) is 0 Å². The number of hydrogen-bond donors (Lipinski definition) is 5. The molecule has 44 heavy (non-hydrogen) atoms. The molecule has 1 aliphatic rings. The average molecular weight is 626 g/mol. The number of nitrogens with one attached hydrogen (secondary N) is 2. The van der Waals surface area contributed by atoms with Crippen LogP contribution in [0, 0.1) is 17.0 Å². The summed E-state index contributed by atoms with van der Waals surface area (Å²) in [4.78, 5) is 39.0. The maximum absolute atomic E-state index is 15.6. The van der Waals surface area contributed by atoms with Gasteiger partial charge in [-0.2, -0.15) is 4.39 Å². The lowest BCUT2D eigenvalue weighted by molar-refractivity contribution is 0.0694. The summed E-state index contributed by atoms with van der Waals surface area (Å²) < 4.78 is 54.8. The molecule has 5 rings (SSSR count). The van der Waals surface area contributed by atoms with Crippen LogP contribution in [0.5, 0.6) is 28.9 Å². The quantitative estimate of drug-likeness (QED) is 0.103. The Labute approximate surface area is 248 Å². The number of nitrogens with two attached hydrogens (primary N) is 1. The molecule has 0 bridgehead atoms. The van der Waals surface area contributed by atoms with Gasteiger partial charge in [0.1, 0.15) is 34.1 Å². The van der Waals surface area contributed by atoms with Gasteiger partial charge in [0.15, 0.2) is 17.3 Å². The van der Waals surface area contributed by atoms with Crippen LogP contribution >= 0.6 is 0 Å². The van der Waals surface area contributed by atoms with Crippen LogP contribution in [-0.4, -0.2) is 65.9 Å². The van der Waals surface area contributed by atoms with Gasteiger partial charge in [-0.15, -0.1) is 0 Å². The van der Waals surface area contributed by atoms with Gasteiger partial charge in [-0.1, -0.05) is 0 Å². The highest BCUT2D eigenvalue weighted by Crippen LogP contribution is 2.40. The van der Waals surface area contributed by atoms with Crippen LogP contribution in [0.4, 0.5) is 8.78 Å². The van der Waals surface area contributed by atoms with E-state index in [1.807, 2.05) is 0 Å². The predicted octanol–water partition coefficient (Wildman–Crippen LogP) is 2.90. The van der Waals surface area contributed by atoms with E-state index in [1.165, 1.54) is 36.4 Å². The molecule has 2 aromatic heterocycles. The van der Waals surface area contributed by atoms with Crippen LogP contribution in [0.1, 0.15) is 27.7 Å². The molecule has 226 valence electrons. The van der Waals surface area contributed by atoms with Gasteiger partial charge in [0, 0.05) is 28.8 Å². The first-order valence-electron chi connectivity index (χ1n) is 12.4. The first-order valence-corrected chi connectivity index (χ1v) is 13.6. The molecule has 6 N–H and O–H groups in total. The number of pyridine rings is 1. The van der Waals surface area contributed by atoms with Crippen LogP contribution in [0.3, 0.4) is 0 Å². The average Bonchev–Trinajstić information content (AvgIpc) is 3.42. The van der Waals surface area contributed by atoms with E-state index < -0.39 is 63.1 Å². The largest absolute Gasteiger partial charge is 0.504 e. The number of carboxylic acid groups (broad SMARTS) is 1. The van der Waals surface area contributed by atoms with E-state index in [4.69, 9.17) is 25.7 Å². The molecule has 4 aromatic rings. The molecule has 0 aliphatic carbocycles. The molecule has 2 atom stereocenters. The molecule has 2 aromatic carbocycles. The minimum Gasteiger partial charge on any atom is -0.504 e. The Hall–Kier alpha value is -5.55. The highest BCUT2D eigenvalue weighted by molar-refractivity contribution is 7.84. The molecule has 3 heterocycles. The summed E-state index contributed by atoms with van der Waals surface area (Å²) in [7, 11) is -0.391. The van der Waals surface area contributed by atoms with E-state index >= 15 is 4.39 Å². The molecule has 0 saturated heterocycles. The Kier molecular flexibility index (Phi) is 8.15. The number of halogens is 2. The Balaban J connectivity index is 1.52. The number of amidine groups is 1. The lowest BCUT2D eigenvalue weighted by Gasteiger charge is -2.22. The van der Waals surface area contributed by atoms with Gasteiger partial charge in [0.05, 0.1) is 12.4 Å². The second-order valence-electron chi connectivity index (χ2n) is 9.20. The number of nitrogens with zero attached hydrogens (tertiary/aromatic N) is 4. The smallest absolute Gasteiger partial charge is 0.342 e. The Bertz CT molecular complexity index is 1940. The van der Waals surface area contributed by atoms with E-state index in [0.29, 0.717) is 12.7 Å². The van der Waals surface area contributed by atoms with Crippen LogP contribution in [-0.2, 0) is 10.8 Å². The number of aromatic nitrogens is 3. The summed E-state index contributed by atoms with van der Waals surface area (Å²) in [6, 6.07) is 7.67.